The molecule has 1 heterocycles. The summed E-state index contributed by atoms with van der Waals surface area (Å²) in [5.41, 5.74) is 0.923. The molecule has 0 atom stereocenters. The van der Waals surface area contributed by atoms with Gasteiger partial charge in [0.2, 0.25) is 5.91 Å². The Kier molecular flexibility index (Phi) is 4.57. The van der Waals surface area contributed by atoms with Crippen molar-refractivity contribution in [1.29, 1.82) is 0 Å². The summed E-state index contributed by atoms with van der Waals surface area (Å²) in [7, 11) is 0. The summed E-state index contributed by atoms with van der Waals surface area (Å²) in [6.45, 7) is 4.01. The average molecular weight is 259 g/mol. The highest BCUT2D eigenvalue weighted by Crippen LogP contribution is 2.18. The number of aromatic nitrogens is 1. The number of nitrogens with one attached hydrogen (secondary N) is 1. The number of carbonyl (C=O) groups excluding carboxylic acids is 1. The van der Waals surface area contributed by atoms with E-state index in [0.29, 0.717) is 17.7 Å². The van der Waals surface area contributed by atoms with E-state index in [9.17, 15) is 14.7 Å². The number of aromatic hydroxyl groups is 1. The van der Waals surface area contributed by atoms with Crippen molar-refractivity contribution in [3.8, 4) is 5.88 Å². The van der Waals surface area contributed by atoms with Gasteiger partial charge in [-0.25, -0.2) is 0 Å². The zero-order valence-corrected chi connectivity index (χ0v) is 10.5. The first-order valence-corrected chi connectivity index (χ1v) is 5.79. The Morgan fingerprint density at radius 1 is 1.59 bits per heavy atom. The quantitative estimate of drug-likeness (QED) is 0.783. The molecular formula is C11H15ClN2O3. The van der Waals surface area contributed by atoms with Gasteiger partial charge in [0, 0.05) is 24.7 Å². The van der Waals surface area contributed by atoms with E-state index in [-0.39, 0.29) is 29.8 Å². The molecule has 0 unspecified atom stereocenters. The van der Waals surface area contributed by atoms with Crippen LogP contribution in [0, 0.1) is 6.92 Å². The van der Waals surface area contributed by atoms with E-state index in [2.05, 4.69) is 5.32 Å². The Labute approximate surface area is 104 Å². The van der Waals surface area contributed by atoms with Gasteiger partial charge in [0.15, 0.2) is 5.88 Å². The Morgan fingerprint density at radius 3 is 2.76 bits per heavy atom. The number of hydrogen-bond acceptors (Lipinski definition) is 3. The predicted molar refractivity (Wildman–Crippen MR) is 65.3 cm³/mol. The summed E-state index contributed by atoms with van der Waals surface area (Å²) in [5, 5.41) is 12.5. The molecule has 1 aromatic rings. The number of nitrogens with zero attached hydrogens (tertiary/aromatic N) is 1. The summed E-state index contributed by atoms with van der Waals surface area (Å²) in [5.74, 6) is -0.556. The summed E-state index contributed by atoms with van der Waals surface area (Å²) in [4.78, 5) is 22.6. The van der Waals surface area contributed by atoms with Crippen molar-refractivity contribution < 1.29 is 9.90 Å². The fourth-order valence-corrected chi connectivity index (χ4v) is 1.65. The van der Waals surface area contributed by atoms with Crippen molar-refractivity contribution in [2.24, 2.45) is 0 Å². The molecule has 94 valence electrons. The molecule has 1 amide bonds. The number of carbonyl (C=O) groups is 1. The van der Waals surface area contributed by atoms with Crippen LogP contribution in [0.25, 0.3) is 0 Å². The zero-order chi connectivity index (χ0) is 13.0. The van der Waals surface area contributed by atoms with Crippen LogP contribution in [0.1, 0.15) is 18.1 Å². The van der Waals surface area contributed by atoms with E-state index in [1.807, 2.05) is 0 Å². The van der Waals surface area contributed by atoms with Gasteiger partial charge in [0.1, 0.15) is 5.88 Å². The van der Waals surface area contributed by atoms with Crippen LogP contribution in [0.4, 0.5) is 0 Å². The summed E-state index contributed by atoms with van der Waals surface area (Å²) >= 11 is 5.35. The lowest BCUT2D eigenvalue weighted by Crippen LogP contribution is -2.26. The minimum atomic E-state index is -0.320. The highest BCUT2D eigenvalue weighted by atomic mass is 35.5. The maximum atomic E-state index is 11.5. The van der Waals surface area contributed by atoms with Crippen molar-refractivity contribution in [3.05, 3.63) is 27.5 Å². The van der Waals surface area contributed by atoms with Crippen LogP contribution >= 0.6 is 11.6 Å². The lowest BCUT2D eigenvalue weighted by Gasteiger charge is -2.13. The Balaban J connectivity index is 3.07. The van der Waals surface area contributed by atoms with E-state index < -0.39 is 0 Å². The zero-order valence-electron chi connectivity index (χ0n) is 9.79. The van der Waals surface area contributed by atoms with E-state index in [4.69, 9.17) is 11.6 Å². The van der Waals surface area contributed by atoms with Crippen LogP contribution in [0.15, 0.2) is 10.9 Å². The van der Waals surface area contributed by atoms with Gasteiger partial charge in [-0.15, -0.1) is 11.6 Å². The Morgan fingerprint density at radius 2 is 2.24 bits per heavy atom. The van der Waals surface area contributed by atoms with Crippen LogP contribution in [0.3, 0.4) is 0 Å². The molecule has 0 bridgehead atoms. The largest absolute Gasteiger partial charge is 0.494 e. The molecule has 0 saturated carbocycles. The van der Waals surface area contributed by atoms with E-state index in [1.54, 1.807) is 13.8 Å². The third-order valence-corrected chi connectivity index (χ3v) is 2.75. The molecule has 6 heteroatoms. The van der Waals surface area contributed by atoms with E-state index in [1.165, 1.54) is 10.6 Å². The standard InChI is InChI=1S/C11H15ClN2O3/c1-3-14-10(16)4-7(2)8(11(14)17)6-13-9(15)5-12/h4,17H,3,5-6H2,1-2H3,(H,13,15). The number of rotatable bonds is 4. The molecule has 0 aliphatic carbocycles. The molecule has 1 aromatic heterocycles. The molecule has 0 saturated heterocycles. The molecule has 5 nitrogen and oxygen atoms in total. The molecule has 1 rings (SSSR count). The topological polar surface area (TPSA) is 71.3 Å². The Hall–Kier alpha value is -1.49. The van der Waals surface area contributed by atoms with Crippen LogP contribution in [0.2, 0.25) is 0 Å². The van der Waals surface area contributed by atoms with Crippen molar-refractivity contribution in [2.45, 2.75) is 26.9 Å². The highest BCUT2D eigenvalue weighted by molar-refractivity contribution is 6.27. The van der Waals surface area contributed by atoms with Gasteiger partial charge in [0.05, 0.1) is 0 Å². The van der Waals surface area contributed by atoms with Crippen molar-refractivity contribution in [2.75, 3.05) is 5.88 Å². The monoisotopic (exact) mass is 258 g/mol. The van der Waals surface area contributed by atoms with E-state index in [0.717, 1.165) is 0 Å². The van der Waals surface area contributed by atoms with Gasteiger partial charge in [0.25, 0.3) is 5.56 Å². The minimum Gasteiger partial charge on any atom is -0.494 e. The SMILES string of the molecule is CCn1c(O)c(CNC(=O)CCl)c(C)cc1=O. The average Bonchev–Trinajstić information content (AvgIpc) is 2.28. The van der Waals surface area contributed by atoms with Gasteiger partial charge in [-0.3, -0.25) is 14.2 Å². The molecule has 0 aliphatic heterocycles. The van der Waals surface area contributed by atoms with Crippen LogP contribution in [-0.2, 0) is 17.9 Å². The van der Waals surface area contributed by atoms with Gasteiger partial charge in [-0.05, 0) is 19.4 Å². The van der Waals surface area contributed by atoms with Crippen LogP contribution < -0.4 is 10.9 Å². The Bertz CT molecular complexity index is 482. The number of amides is 1. The molecule has 0 radical (unpaired) electrons. The maximum absolute atomic E-state index is 11.5. The molecule has 0 fully saturated rings. The summed E-state index contributed by atoms with van der Waals surface area (Å²) < 4.78 is 1.25. The minimum absolute atomic E-state index is 0.104. The second-order valence-electron chi connectivity index (χ2n) is 3.62. The molecule has 0 spiro atoms. The lowest BCUT2D eigenvalue weighted by atomic mass is 10.1. The van der Waals surface area contributed by atoms with Gasteiger partial charge in [-0.2, -0.15) is 0 Å². The molecule has 2 N–H and O–H groups in total. The molecule has 0 aromatic carbocycles. The number of halogens is 1. The normalized spacial score (nSPS) is 10.3. The smallest absolute Gasteiger partial charge is 0.253 e. The maximum Gasteiger partial charge on any atom is 0.253 e. The third-order valence-electron chi connectivity index (χ3n) is 2.51. The first kappa shape index (κ1) is 13.6. The first-order chi connectivity index (χ1) is 8.01. The number of pyridine rings is 1. The number of aryl methyl sites for hydroxylation is 1. The molecular weight excluding hydrogens is 244 g/mol. The number of hydrogen-bond donors (Lipinski definition) is 2. The number of alkyl halides is 1. The van der Waals surface area contributed by atoms with Crippen molar-refractivity contribution in [1.82, 2.24) is 9.88 Å². The fraction of sp³-hybridized carbons (Fsp3) is 0.455. The van der Waals surface area contributed by atoms with Gasteiger partial charge in [-0.1, -0.05) is 0 Å². The van der Waals surface area contributed by atoms with Gasteiger partial charge < -0.3 is 10.4 Å². The summed E-state index contributed by atoms with van der Waals surface area (Å²) in [6.07, 6.45) is 0. The molecule has 0 aliphatic rings. The van der Waals surface area contributed by atoms with Crippen LogP contribution in [0.5, 0.6) is 5.88 Å². The second-order valence-corrected chi connectivity index (χ2v) is 3.89. The van der Waals surface area contributed by atoms with Crippen molar-refractivity contribution in [3.63, 3.8) is 0 Å². The lowest BCUT2D eigenvalue weighted by molar-refractivity contribution is -0.118. The molecule has 17 heavy (non-hydrogen) atoms. The fourth-order valence-electron chi connectivity index (χ4n) is 1.55. The van der Waals surface area contributed by atoms with Crippen molar-refractivity contribution >= 4 is 17.5 Å². The second kappa shape index (κ2) is 5.72. The van der Waals surface area contributed by atoms with Gasteiger partial charge >= 0.3 is 0 Å². The van der Waals surface area contributed by atoms with Crippen LogP contribution in [-0.4, -0.2) is 21.5 Å². The predicted octanol–water partition coefficient (Wildman–Crippen LogP) is 0.737. The highest BCUT2D eigenvalue weighted by Gasteiger charge is 2.12. The first-order valence-electron chi connectivity index (χ1n) is 5.26. The summed E-state index contributed by atoms with van der Waals surface area (Å²) in [6, 6.07) is 1.44. The van der Waals surface area contributed by atoms with E-state index >= 15 is 0 Å². The third kappa shape index (κ3) is 3.00.